The third-order valence-corrected chi connectivity index (χ3v) is 4.54. The maximum absolute atomic E-state index is 12.6. The standard InChI is InChI=1S/C18H25N3O3/c1-12-10-21(11-13(2)24-12)18(23)14-3-5-16(6-4-14)20-17(22)15-7-8-19-9-15/h3-6,12-13,15,19H,7-11H2,1-2H3,(H,20,22). The number of rotatable bonds is 3. The summed E-state index contributed by atoms with van der Waals surface area (Å²) in [5.41, 5.74) is 1.36. The lowest BCUT2D eigenvalue weighted by atomic mass is 10.1. The van der Waals surface area contributed by atoms with Gasteiger partial charge in [0, 0.05) is 30.9 Å². The summed E-state index contributed by atoms with van der Waals surface area (Å²) in [5, 5.41) is 6.11. The molecule has 130 valence electrons. The number of ether oxygens (including phenoxy) is 1. The number of carbonyl (C=O) groups excluding carboxylic acids is 2. The van der Waals surface area contributed by atoms with E-state index in [1.807, 2.05) is 18.7 Å². The number of benzene rings is 1. The second-order valence-electron chi connectivity index (χ2n) is 6.72. The third-order valence-electron chi connectivity index (χ3n) is 4.54. The smallest absolute Gasteiger partial charge is 0.254 e. The zero-order valence-corrected chi connectivity index (χ0v) is 14.2. The molecule has 3 atom stereocenters. The van der Waals surface area contributed by atoms with Crippen molar-refractivity contribution in [2.45, 2.75) is 32.5 Å². The summed E-state index contributed by atoms with van der Waals surface area (Å²) in [5.74, 6) is 0.0763. The Hall–Kier alpha value is -1.92. The summed E-state index contributed by atoms with van der Waals surface area (Å²) in [6.45, 7) is 6.79. The third kappa shape index (κ3) is 3.94. The molecule has 6 heteroatoms. The van der Waals surface area contributed by atoms with Crippen LogP contribution in [0.1, 0.15) is 30.6 Å². The maximum atomic E-state index is 12.6. The van der Waals surface area contributed by atoms with Gasteiger partial charge in [0.15, 0.2) is 0 Å². The molecule has 2 amide bonds. The van der Waals surface area contributed by atoms with Gasteiger partial charge in [0.25, 0.3) is 5.91 Å². The van der Waals surface area contributed by atoms with E-state index in [-0.39, 0.29) is 29.9 Å². The molecule has 0 radical (unpaired) electrons. The molecule has 0 aromatic heterocycles. The predicted octanol–water partition coefficient (Wildman–Crippen LogP) is 1.48. The van der Waals surface area contributed by atoms with Crippen LogP contribution >= 0.6 is 0 Å². The first kappa shape index (κ1) is 16.9. The minimum Gasteiger partial charge on any atom is -0.372 e. The van der Waals surface area contributed by atoms with E-state index >= 15 is 0 Å². The Morgan fingerprint density at radius 1 is 1.17 bits per heavy atom. The highest BCUT2D eigenvalue weighted by Gasteiger charge is 2.27. The second-order valence-corrected chi connectivity index (χ2v) is 6.72. The van der Waals surface area contributed by atoms with Crippen molar-refractivity contribution >= 4 is 17.5 Å². The molecule has 2 aliphatic rings. The fourth-order valence-electron chi connectivity index (χ4n) is 3.35. The summed E-state index contributed by atoms with van der Waals surface area (Å²) in [6, 6.07) is 7.13. The molecule has 0 spiro atoms. The lowest BCUT2D eigenvalue weighted by Crippen LogP contribution is -2.48. The summed E-state index contributed by atoms with van der Waals surface area (Å²) in [6.07, 6.45) is 0.975. The highest BCUT2D eigenvalue weighted by molar-refractivity contribution is 5.96. The van der Waals surface area contributed by atoms with Crippen molar-refractivity contribution in [1.29, 1.82) is 0 Å². The zero-order chi connectivity index (χ0) is 17.1. The van der Waals surface area contributed by atoms with Crippen LogP contribution in [-0.2, 0) is 9.53 Å². The van der Waals surface area contributed by atoms with Crippen LogP contribution < -0.4 is 10.6 Å². The fourth-order valence-corrected chi connectivity index (χ4v) is 3.35. The van der Waals surface area contributed by atoms with Gasteiger partial charge in [-0.15, -0.1) is 0 Å². The molecule has 2 N–H and O–H groups in total. The van der Waals surface area contributed by atoms with E-state index in [9.17, 15) is 9.59 Å². The van der Waals surface area contributed by atoms with Crippen molar-refractivity contribution in [3.63, 3.8) is 0 Å². The van der Waals surface area contributed by atoms with E-state index in [2.05, 4.69) is 10.6 Å². The van der Waals surface area contributed by atoms with Gasteiger partial charge in [0.05, 0.1) is 18.1 Å². The Kier molecular flexibility index (Phi) is 5.16. The molecule has 2 saturated heterocycles. The van der Waals surface area contributed by atoms with Gasteiger partial charge < -0.3 is 20.3 Å². The lowest BCUT2D eigenvalue weighted by molar-refractivity contribution is -0.119. The average Bonchev–Trinajstić information content (AvgIpc) is 3.08. The molecule has 2 heterocycles. The average molecular weight is 331 g/mol. The van der Waals surface area contributed by atoms with E-state index < -0.39 is 0 Å². The molecule has 2 aliphatic heterocycles. The molecule has 24 heavy (non-hydrogen) atoms. The molecule has 0 saturated carbocycles. The maximum Gasteiger partial charge on any atom is 0.254 e. The van der Waals surface area contributed by atoms with E-state index in [0.717, 1.165) is 25.2 Å². The van der Waals surface area contributed by atoms with Crippen molar-refractivity contribution in [3.8, 4) is 0 Å². The first-order chi connectivity index (χ1) is 11.5. The number of anilines is 1. The molecular formula is C18H25N3O3. The van der Waals surface area contributed by atoms with Crippen LogP contribution in [0, 0.1) is 5.92 Å². The van der Waals surface area contributed by atoms with Gasteiger partial charge in [-0.05, 0) is 51.1 Å². The largest absolute Gasteiger partial charge is 0.372 e. The first-order valence-corrected chi connectivity index (χ1v) is 8.59. The van der Waals surface area contributed by atoms with Crippen molar-refractivity contribution in [1.82, 2.24) is 10.2 Å². The number of morpholine rings is 1. The van der Waals surface area contributed by atoms with Gasteiger partial charge >= 0.3 is 0 Å². The molecule has 0 aliphatic carbocycles. The summed E-state index contributed by atoms with van der Waals surface area (Å²) < 4.78 is 5.67. The van der Waals surface area contributed by atoms with Gasteiger partial charge in [-0.2, -0.15) is 0 Å². The second kappa shape index (κ2) is 7.32. The Labute approximate surface area is 142 Å². The number of amides is 2. The highest BCUT2D eigenvalue weighted by Crippen LogP contribution is 2.17. The van der Waals surface area contributed by atoms with Crippen molar-refractivity contribution in [2.75, 3.05) is 31.5 Å². The zero-order valence-electron chi connectivity index (χ0n) is 14.2. The van der Waals surface area contributed by atoms with Crippen molar-refractivity contribution in [3.05, 3.63) is 29.8 Å². The van der Waals surface area contributed by atoms with E-state index in [4.69, 9.17) is 4.74 Å². The monoisotopic (exact) mass is 331 g/mol. The molecule has 3 rings (SSSR count). The summed E-state index contributed by atoms with van der Waals surface area (Å²) >= 11 is 0. The van der Waals surface area contributed by atoms with Crippen LogP contribution in [-0.4, -0.2) is 55.1 Å². The number of nitrogens with zero attached hydrogens (tertiary/aromatic N) is 1. The van der Waals surface area contributed by atoms with Crippen LogP contribution in [0.25, 0.3) is 0 Å². The normalized spacial score (nSPS) is 27.1. The summed E-state index contributed by atoms with van der Waals surface area (Å²) in [4.78, 5) is 26.6. The number of nitrogens with one attached hydrogen (secondary N) is 2. The minimum absolute atomic E-state index is 0.00914. The molecule has 6 nitrogen and oxygen atoms in total. The summed E-state index contributed by atoms with van der Waals surface area (Å²) in [7, 11) is 0. The molecule has 3 unspecified atom stereocenters. The van der Waals surface area contributed by atoms with Gasteiger partial charge in [-0.3, -0.25) is 9.59 Å². The molecule has 1 aromatic carbocycles. The van der Waals surface area contributed by atoms with Crippen LogP contribution in [0.2, 0.25) is 0 Å². The van der Waals surface area contributed by atoms with E-state index in [1.165, 1.54) is 0 Å². The Morgan fingerprint density at radius 2 is 1.83 bits per heavy atom. The molecule has 1 aromatic rings. The molecule has 2 fully saturated rings. The number of hydrogen-bond donors (Lipinski definition) is 2. The number of hydrogen-bond acceptors (Lipinski definition) is 4. The van der Waals surface area contributed by atoms with Gasteiger partial charge in [0.1, 0.15) is 0 Å². The van der Waals surface area contributed by atoms with Gasteiger partial charge in [-0.1, -0.05) is 0 Å². The molecular weight excluding hydrogens is 306 g/mol. The quantitative estimate of drug-likeness (QED) is 0.880. The van der Waals surface area contributed by atoms with Crippen molar-refractivity contribution in [2.24, 2.45) is 5.92 Å². The lowest BCUT2D eigenvalue weighted by Gasteiger charge is -2.35. The first-order valence-electron chi connectivity index (χ1n) is 8.59. The van der Waals surface area contributed by atoms with Crippen molar-refractivity contribution < 1.29 is 14.3 Å². The number of carbonyl (C=O) groups is 2. The van der Waals surface area contributed by atoms with Crippen LogP contribution in [0.4, 0.5) is 5.69 Å². The Bertz CT molecular complexity index is 586. The van der Waals surface area contributed by atoms with Gasteiger partial charge in [0.2, 0.25) is 5.91 Å². The van der Waals surface area contributed by atoms with E-state index in [0.29, 0.717) is 18.7 Å². The van der Waals surface area contributed by atoms with Crippen LogP contribution in [0.15, 0.2) is 24.3 Å². The fraction of sp³-hybridized carbons (Fsp3) is 0.556. The highest BCUT2D eigenvalue weighted by atomic mass is 16.5. The Balaban J connectivity index is 1.61. The Morgan fingerprint density at radius 3 is 2.42 bits per heavy atom. The van der Waals surface area contributed by atoms with Gasteiger partial charge in [-0.25, -0.2) is 0 Å². The van der Waals surface area contributed by atoms with Crippen LogP contribution in [0.5, 0.6) is 0 Å². The molecule has 0 bridgehead atoms. The topological polar surface area (TPSA) is 70.7 Å². The van der Waals surface area contributed by atoms with Crippen LogP contribution in [0.3, 0.4) is 0 Å². The minimum atomic E-state index is 0.00914. The van der Waals surface area contributed by atoms with E-state index in [1.54, 1.807) is 24.3 Å². The predicted molar refractivity (Wildman–Crippen MR) is 92.0 cm³/mol. The SMILES string of the molecule is CC1CN(C(=O)c2ccc(NC(=O)C3CCNC3)cc2)CC(C)O1.